The van der Waals surface area contributed by atoms with Crippen LogP contribution in [0, 0.1) is 0 Å². The van der Waals surface area contributed by atoms with Gasteiger partial charge in [-0.2, -0.15) is 0 Å². The lowest BCUT2D eigenvalue weighted by Gasteiger charge is -2.35. The second-order valence-corrected chi connectivity index (χ2v) is 6.61. The summed E-state index contributed by atoms with van der Waals surface area (Å²) in [6.07, 6.45) is 5.63. The van der Waals surface area contributed by atoms with Crippen LogP contribution in [0.2, 0.25) is 0 Å². The van der Waals surface area contributed by atoms with E-state index in [4.69, 9.17) is 4.74 Å². The van der Waals surface area contributed by atoms with Crippen LogP contribution in [0.25, 0.3) is 0 Å². The topological polar surface area (TPSA) is 54.5 Å². The average Bonchev–Trinajstić information content (AvgIpc) is 2.71. The molecular formula is C21H27N3O2. The predicted octanol–water partition coefficient (Wildman–Crippen LogP) is 4.77. The quantitative estimate of drug-likeness (QED) is 0.813. The highest BCUT2D eigenvalue weighted by Gasteiger charge is 2.30. The normalized spacial score (nSPS) is 17.0. The Bertz CT molecular complexity index is 705. The Hall–Kier alpha value is -2.56. The van der Waals surface area contributed by atoms with Crippen molar-refractivity contribution in [2.45, 2.75) is 45.3 Å². The molecule has 138 valence electrons. The van der Waals surface area contributed by atoms with Crippen molar-refractivity contribution < 1.29 is 9.53 Å². The first-order valence-electron chi connectivity index (χ1n) is 9.45. The number of piperidine rings is 1. The zero-order valence-corrected chi connectivity index (χ0v) is 15.4. The molecule has 3 rings (SSSR count). The molecule has 1 aromatic heterocycles. The number of benzene rings is 1. The molecule has 2 heterocycles. The van der Waals surface area contributed by atoms with Crippen LogP contribution < -0.4 is 5.32 Å². The van der Waals surface area contributed by atoms with Crippen LogP contribution in [0.15, 0.2) is 48.7 Å². The van der Waals surface area contributed by atoms with E-state index in [9.17, 15) is 4.79 Å². The molecule has 1 atom stereocenters. The molecular weight excluding hydrogens is 326 g/mol. The van der Waals surface area contributed by atoms with E-state index in [2.05, 4.69) is 23.3 Å². The van der Waals surface area contributed by atoms with Crippen LogP contribution in [0.3, 0.4) is 0 Å². The molecule has 1 N–H and O–H groups in total. The average molecular weight is 353 g/mol. The van der Waals surface area contributed by atoms with Gasteiger partial charge in [-0.3, -0.25) is 0 Å². The Labute approximate surface area is 155 Å². The number of hydrogen-bond donors (Lipinski definition) is 1. The number of likely N-dealkylation sites (tertiary alicyclic amines) is 1. The maximum atomic E-state index is 12.7. The van der Waals surface area contributed by atoms with Gasteiger partial charge in [0.1, 0.15) is 12.4 Å². The van der Waals surface area contributed by atoms with Crippen LogP contribution in [0.4, 0.5) is 10.6 Å². The van der Waals surface area contributed by atoms with Gasteiger partial charge in [-0.1, -0.05) is 43.3 Å². The van der Waals surface area contributed by atoms with Gasteiger partial charge in [0.15, 0.2) is 0 Å². The van der Waals surface area contributed by atoms with E-state index in [1.807, 2.05) is 41.3 Å². The summed E-state index contributed by atoms with van der Waals surface area (Å²) >= 11 is 0. The molecule has 0 unspecified atom stereocenters. The third-order valence-corrected chi connectivity index (χ3v) is 4.68. The molecule has 2 aromatic rings. The molecule has 26 heavy (non-hydrogen) atoms. The molecule has 0 radical (unpaired) electrons. The lowest BCUT2D eigenvalue weighted by atomic mass is 9.96. The molecule has 5 heteroatoms. The lowest BCUT2D eigenvalue weighted by Crippen LogP contribution is -2.39. The number of amides is 1. The highest BCUT2D eigenvalue weighted by atomic mass is 16.6. The first kappa shape index (κ1) is 18.2. The summed E-state index contributed by atoms with van der Waals surface area (Å²) in [5.41, 5.74) is 2.08. The zero-order chi connectivity index (χ0) is 18.2. The van der Waals surface area contributed by atoms with Crippen LogP contribution in [-0.2, 0) is 11.3 Å². The van der Waals surface area contributed by atoms with Gasteiger partial charge in [0.2, 0.25) is 0 Å². The first-order chi connectivity index (χ1) is 12.8. The number of carbonyl (C=O) groups is 1. The van der Waals surface area contributed by atoms with Crippen LogP contribution in [-0.4, -0.2) is 29.1 Å². The predicted molar refractivity (Wildman–Crippen MR) is 103 cm³/mol. The smallest absolute Gasteiger partial charge is 0.410 e. The molecule has 1 fully saturated rings. The molecule has 1 aliphatic heterocycles. The second kappa shape index (κ2) is 9.22. The number of carbonyl (C=O) groups excluding carboxylic acids is 1. The Kier molecular flexibility index (Phi) is 6.47. The van der Waals surface area contributed by atoms with Crippen molar-refractivity contribution in [3.05, 3.63) is 59.8 Å². The molecule has 1 saturated heterocycles. The minimum Gasteiger partial charge on any atom is -0.445 e. The third kappa shape index (κ3) is 4.54. The van der Waals surface area contributed by atoms with Gasteiger partial charge >= 0.3 is 6.09 Å². The maximum Gasteiger partial charge on any atom is 0.410 e. The SMILES string of the molecule is CCCNc1ncccc1[C@H]1CCCCN1C(=O)OCc1ccccc1. The van der Waals surface area contributed by atoms with Gasteiger partial charge < -0.3 is 15.0 Å². The fourth-order valence-electron chi connectivity index (χ4n) is 3.35. The summed E-state index contributed by atoms with van der Waals surface area (Å²) in [4.78, 5) is 19.1. The summed E-state index contributed by atoms with van der Waals surface area (Å²) in [6.45, 7) is 4.02. The lowest BCUT2D eigenvalue weighted by molar-refractivity contribution is 0.0680. The van der Waals surface area contributed by atoms with E-state index in [0.29, 0.717) is 6.61 Å². The van der Waals surface area contributed by atoms with Crippen molar-refractivity contribution in [3.63, 3.8) is 0 Å². The fraction of sp³-hybridized carbons (Fsp3) is 0.429. The van der Waals surface area contributed by atoms with Gasteiger partial charge in [0.05, 0.1) is 6.04 Å². The number of pyridine rings is 1. The molecule has 0 bridgehead atoms. The van der Waals surface area contributed by atoms with Gasteiger partial charge in [-0.25, -0.2) is 9.78 Å². The fourth-order valence-corrected chi connectivity index (χ4v) is 3.35. The molecule has 1 amide bonds. The Morgan fingerprint density at radius 3 is 2.88 bits per heavy atom. The van der Waals surface area contributed by atoms with E-state index >= 15 is 0 Å². The minimum atomic E-state index is -0.246. The molecule has 0 spiro atoms. The van der Waals surface area contributed by atoms with E-state index < -0.39 is 0 Å². The van der Waals surface area contributed by atoms with Crippen molar-refractivity contribution >= 4 is 11.9 Å². The number of anilines is 1. The van der Waals surface area contributed by atoms with E-state index in [1.165, 1.54) is 0 Å². The highest BCUT2D eigenvalue weighted by Crippen LogP contribution is 2.34. The van der Waals surface area contributed by atoms with Crippen molar-refractivity contribution in [1.29, 1.82) is 0 Å². The van der Waals surface area contributed by atoms with Crippen LogP contribution in [0.1, 0.15) is 49.8 Å². The monoisotopic (exact) mass is 353 g/mol. The van der Waals surface area contributed by atoms with Gasteiger partial charge in [0.25, 0.3) is 0 Å². The number of hydrogen-bond acceptors (Lipinski definition) is 4. The van der Waals surface area contributed by atoms with Crippen LogP contribution >= 0.6 is 0 Å². The summed E-state index contributed by atoms with van der Waals surface area (Å²) in [6, 6.07) is 13.8. The van der Waals surface area contributed by atoms with Crippen molar-refractivity contribution in [1.82, 2.24) is 9.88 Å². The summed E-state index contributed by atoms with van der Waals surface area (Å²) < 4.78 is 5.59. The number of aromatic nitrogens is 1. The maximum absolute atomic E-state index is 12.7. The zero-order valence-electron chi connectivity index (χ0n) is 15.4. The first-order valence-corrected chi connectivity index (χ1v) is 9.45. The standard InChI is InChI=1S/C21H27N3O2/c1-2-13-22-20-18(11-8-14-23-20)19-12-6-7-15-24(19)21(25)26-16-17-9-4-3-5-10-17/h3-5,8-11,14,19H,2,6-7,12-13,15-16H2,1H3,(H,22,23)/t19-/m1/s1. The van der Waals surface area contributed by atoms with Gasteiger partial charge in [-0.05, 0) is 37.3 Å². The number of nitrogens with one attached hydrogen (secondary N) is 1. The van der Waals surface area contributed by atoms with Crippen molar-refractivity contribution in [3.8, 4) is 0 Å². The second-order valence-electron chi connectivity index (χ2n) is 6.61. The number of nitrogens with zero attached hydrogens (tertiary/aromatic N) is 2. The Balaban J connectivity index is 1.72. The largest absolute Gasteiger partial charge is 0.445 e. The van der Waals surface area contributed by atoms with E-state index in [1.54, 1.807) is 6.20 Å². The minimum absolute atomic E-state index is 0.0140. The Morgan fingerprint density at radius 1 is 1.23 bits per heavy atom. The Morgan fingerprint density at radius 2 is 2.08 bits per heavy atom. The molecule has 1 aliphatic rings. The summed E-state index contributed by atoms with van der Waals surface area (Å²) in [7, 11) is 0. The summed E-state index contributed by atoms with van der Waals surface area (Å²) in [5, 5.41) is 3.39. The van der Waals surface area contributed by atoms with Gasteiger partial charge in [0, 0.05) is 24.8 Å². The number of ether oxygens (including phenoxy) is 1. The van der Waals surface area contributed by atoms with Gasteiger partial charge in [-0.15, -0.1) is 0 Å². The third-order valence-electron chi connectivity index (χ3n) is 4.68. The molecule has 0 saturated carbocycles. The van der Waals surface area contributed by atoms with E-state index in [-0.39, 0.29) is 12.1 Å². The van der Waals surface area contributed by atoms with Crippen molar-refractivity contribution in [2.75, 3.05) is 18.4 Å². The molecule has 0 aliphatic carbocycles. The van der Waals surface area contributed by atoms with Crippen LogP contribution in [0.5, 0.6) is 0 Å². The van der Waals surface area contributed by atoms with E-state index in [0.717, 1.165) is 55.7 Å². The van der Waals surface area contributed by atoms with Crippen molar-refractivity contribution in [2.24, 2.45) is 0 Å². The number of rotatable bonds is 6. The highest BCUT2D eigenvalue weighted by molar-refractivity contribution is 5.69. The molecule has 1 aromatic carbocycles. The summed E-state index contributed by atoms with van der Waals surface area (Å²) in [5.74, 6) is 0.877. The molecule has 5 nitrogen and oxygen atoms in total.